The lowest BCUT2D eigenvalue weighted by Crippen LogP contribution is -2.36. The van der Waals surface area contributed by atoms with E-state index in [1.807, 2.05) is 31.2 Å². The van der Waals surface area contributed by atoms with Crippen LogP contribution in [0.25, 0.3) is 0 Å². The monoisotopic (exact) mass is 255 g/mol. The summed E-state index contributed by atoms with van der Waals surface area (Å²) < 4.78 is 0. The van der Waals surface area contributed by atoms with Gasteiger partial charge < -0.3 is 5.11 Å². The van der Waals surface area contributed by atoms with Gasteiger partial charge in [-0.3, -0.25) is 9.69 Å². The second-order valence-corrected chi connectivity index (χ2v) is 6.01. The number of aliphatic hydroxyl groups is 1. The molecule has 1 N–H and O–H groups in total. The maximum Gasteiger partial charge on any atom is 0.233 e. The zero-order valence-electron chi connectivity index (χ0n) is 10.9. The van der Waals surface area contributed by atoms with Gasteiger partial charge in [-0.05, 0) is 42.9 Å². The standard InChI is InChI=1S/C16H17NO2/c1-9-3-2-4-12(7-9)17-15(18)13-10-5-6-11(8-10)14(13)16(17)19/h2-7,10-11,13-15,18H,8H2,1H3. The van der Waals surface area contributed by atoms with E-state index in [1.165, 1.54) is 0 Å². The predicted octanol–water partition coefficient (Wildman–Crippen LogP) is 2.10. The van der Waals surface area contributed by atoms with E-state index in [0.717, 1.165) is 17.7 Å². The zero-order valence-corrected chi connectivity index (χ0v) is 10.9. The minimum absolute atomic E-state index is 0.00878. The Labute approximate surface area is 112 Å². The van der Waals surface area contributed by atoms with Crippen LogP contribution in [-0.2, 0) is 4.79 Å². The Morgan fingerprint density at radius 2 is 2.05 bits per heavy atom. The Kier molecular flexibility index (Phi) is 2.19. The van der Waals surface area contributed by atoms with Gasteiger partial charge in [-0.2, -0.15) is 0 Å². The van der Waals surface area contributed by atoms with Gasteiger partial charge in [-0.15, -0.1) is 0 Å². The van der Waals surface area contributed by atoms with Crippen molar-refractivity contribution in [3.05, 3.63) is 42.0 Å². The van der Waals surface area contributed by atoms with Crippen molar-refractivity contribution < 1.29 is 9.90 Å². The molecule has 0 spiro atoms. The number of amides is 1. The summed E-state index contributed by atoms with van der Waals surface area (Å²) >= 11 is 0. The van der Waals surface area contributed by atoms with Crippen LogP contribution < -0.4 is 4.90 Å². The Hall–Kier alpha value is -1.61. The van der Waals surface area contributed by atoms with Crippen LogP contribution in [0.15, 0.2) is 36.4 Å². The molecule has 2 aliphatic carbocycles. The fourth-order valence-electron chi connectivity index (χ4n) is 4.14. The van der Waals surface area contributed by atoms with Gasteiger partial charge in [0.25, 0.3) is 0 Å². The van der Waals surface area contributed by atoms with E-state index >= 15 is 0 Å². The summed E-state index contributed by atoms with van der Waals surface area (Å²) in [6.07, 6.45) is 4.72. The van der Waals surface area contributed by atoms with Gasteiger partial charge in [0.15, 0.2) is 0 Å². The molecule has 5 unspecified atom stereocenters. The lowest BCUT2D eigenvalue weighted by atomic mass is 9.85. The van der Waals surface area contributed by atoms with Crippen molar-refractivity contribution in [1.29, 1.82) is 0 Å². The van der Waals surface area contributed by atoms with E-state index < -0.39 is 6.23 Å². The van der Waals surface area contributed by atoms with Crippen LogP contribution in [0, 0.1) is 30.6 Å². The molecule has 2 fully saturated rings. The van der Waals surface area contributed by atoms with Crippen molar-refractivity contribution in [2.75, 3.05) is 4.90 Å². The first-order valence-corrected chi connectivity index (χ1v) is 6.93. The minimum atomic E-state index is -0.667. The van der Waals surface area contributed by atoms with Crippen molar-refractivity contribution in [3.63, 3.8) is 0 Å². The third-order valence-electron chi connectivity index (χ3n) is 4.93. The van der Waals surface area contributed by atoms with Crippen LogP contribution >= 0.6 is 0 Å². The number of anilines is 1. The van der Waals surface area contributed by atoms with E-state index in [4.69, 9.17) is 0 Å². The van der Waals surface area contributed by atoms with Gasteiger partial charge in [0.1, 0.15) is 6.23 Å². The predicted molar refractivity (Wildman–Crippen MR) is 72.4 cm³/mol. The number of nitrogens with zero attached hydrogens (tertiary/aromatic N) is 1. The molecule has 3 aliphatic rings. The molecule has 3 nitrogen and oxygen atoms in total. The summed E-state index contributed by atoms with van der Waals surface area (Å²) in [5.74, 6) is 0.893. The number of hydrogen-bond acceptors (Lipinski definition) is 2. The number of fused-ring (bicyclic) bond motifs is 5. The van der Waals surface area contributed by atoms with Gasteiger partial charge in [-0.25, -0.2) is 0 Å². The topological polar surface area (TPSA) is 40.5 Å². The summed E-state index contributed by atoms with van der Waals surface area (Å²) in [6.45, 7) is 2.00. The molecule has 1 aromatic carbocycles. The van der Waals surface area contributed by atoms with Crippen LogP contribution in [-0.4, -0.2) is 17.2 Å². The Balaban J connectivity index is 1.74. The summed E-state index contributed by atoms with van der Waals surface area (Å²) in [6, 6.07) is 7.82. The smallest absolute Gasteiger partial charge is 0.233 e. The summed E-state index contributed by atoms with van der Waals surface area (Å²) in [7, 11) is 0. The van der Waals surface area contributed by atoms with Crippen molar-refractivity contribution in [2.45, 2.75) is 19.6 Å². The second-order valence-electron chi connectivity index (χ2n) is 6.01. The molecule has 5 atom stereocenters. The highest BCUT2D eigenvalue weighted by Gasteiger charge is 2.59. The normalized spacial score (nSPS) is 39.2. The molecule has 0 radical (unpaired) electrons. The molecule has 0 aromatic heterocycles. The summed E-state index contributed by atoms with van der Waals surface area (Å²) in [5.41, 5.74) is 1.93. The second kappa shape index (κ2) is 3.70. The first-order valence-electron chi connectivity index (χ1n) is 6.93. The molecule has 1 amide bonds. The van der Waals surface area contributed by atoms with Gasteiger partial charge >= 0.3 is 0 Å². The quantitative estimate of drug-likeness (QED) is 0.781. The molecular formula is C16H17NO2. The van der Waals surface area contributed by atoms with E-state index in [1.54, 1.807) is 4.90 Å². The molecule has 2 bridgehead atoms. The first-order chi connectivity index (χ1) is 9.16. The lowest BCUT2D eigenvalue weighted by molar-refractivity contribution is -0.121. The molecule has 98 valence electrons. The maximum atomic E-state index is 12.6. The van der Waals surface area contributed by atoms with E-state index in [-0.39, 0.29) is 17.7 Å². The number of allylic oxidation sites excluding steroid dienone is 2. The first kappa shape index (κ1) is 11.2. The molecule has 4 rings (SSSR count). The number of aryl methyl sites for hydroxylation is 1. The average Bonchev–Trinajstić information content (AvgIpc) is 3.04. The Morgan fingerprint density at radius 3 is 2.79 bits per heavy atom. The van der Waals surface area contributed by atoms with Crippen LogP contribution in [0.1, 0.15) is 12.0 Å². The van der Waals surface area contributed by atoms with E-state index in [9.17, 15) is 9.90 Å². The number of aliphatic hydroxyl groups excluding tert-OH is 1. The molecule has 1 heterocycles. The lowest BCUT2D eigenvalue weighted by Gasteiger charge is -2.25. The average molecular weight is 255 g/mol. The molecule has 1 aliphatic heterocycles. The maximum absolute atomic E-state index is 12.6. The summed E-state index contributed by atoms with van der Waals surface area (Å²) in [4.78, 5) is 14.2. The van der Waals surface area contributed by atoms with Crippen molar-refractivity contribution in [3.8, 4) is 0 Å². The van der Waals surface area contributed by atoms with Crippen molar-refractivity contribution >= 4 is 11.6 Å². The van der Waals surface area contributed by atoms with Crippen LogP contribution in [0.3, 0.4) is 0 Å². The fourth-order valence-corrected chi connectivity index (χ4v) is 4.14. The molecule has 19 heavy (non-hydrogen) atoms. The van der Waals surface area contributed by atoms with Crippen molar-refractivity contribution in [2.24, 2.45) is 23.7 Å². The number of rotatable bonds is 1. The highest BCUT2D eigenvalue weighted by Crippen LogP contribution is 2.54. The Morgan fingerprint density at radius 1 is 1.26 bits per heavy atom. The molecule has 3 heteroatoms. The zero-order chi connectivity index (χ0) is 13.1. The molecular weight excluding hydrogens is 238 g/mol. The molecule has 1 aromatic rings. The van der Waals surface area contributed by atoms with Crippen LogP contribution in [0.2, 0.25) is 0 Å². The Bertz CT molecular complexity index is 580. The fraction of sp³-hybridized carbons (Fsp3) is 0.438. The third-order valence-corrected chi connectivity index (χ3v) is 4.93. The van der Waals surface area contributed by atoms with Gasteiger partial charge in [0.2, 0.25) is 5.91 Å². The van der Waals surface area contributed by atoms with E-state index in [0.29, 0.717) is 11.8 Å². The van der Waals surface area contributed by atoms with Crippen LogP contribution in [0.4, 0.5) is 5.69 Å². The highest BCUT2D eigenvalue weighted by molar-refractivity contribution is 5.99. The molecule has 1 saturated carbocycles. The van der Waals surface area contributed by atoms with Crippen LogP contribution in [0.5, 0.6) is 0 Å². The highest BCUT2D eigenvalue weighted by atomic mass is 16.3. The third kappa shape index (κ3) is 1.39. The van der Waals surface area contributed by atoms with Gasteiger partial charge in [0, 0.05) is 11.6 Å². The summed E-state index contributed by atoms with van der Waals surface area (Å²) in [5, 5.41) is 10.6. The van der Waals surface area contributed by atoms with E-state index in [2.05, 4.69) is 12.2 Å². The van der Waals surface area contributed by atoms with Gasteiger partial charge in [-0.1, -0.05) is 24.3 Å². The van der Waals surface area contributed by atoms with Crippen molar-refractivity contribution in [1.82, 2.24) is 0 Å². The number of carbonyl (C=O) groups is 1. The molecule has 1 saturated heterocycles. The minimum Gasteiger partial charge on any atom is -0.373 e. The number of hydrogen-bond donors (Lipinski definition) is 1. The number of carbonyl (C=O) groups excluding carboxylic acids is 1. The SMILES string of the molecule is Cc1cccc(N2C(=O)C3C4C=CC(C4)C3C2O)c1. The largest absolute Gasteiger partial charge is 0.373 e. The number of benzene rings is 1. The van der Waals surface area contributed by atoms with Gasteiger partial charge in [0.05, 0.1) is 5.92 Å².